The SMILES string of the molecule is C=C(C)C(=O)O[Si](CC(C)C)(CC(C)C)O[Si](CC(C)C)(CC(C)C)O[Si](CC(C)C)(CC(C)C)O[Si](CC(C)C)(CC(C)C)O[Si](CC(C)C)(CC(C)C)O[Si](CC(C)C)(CC(C)C)CC(C)C. The molecule has 0 aromatic rings. The summed E-state index contributed by atoms with van der Waals surface area (Å²) in [5.41, 5.74) is 0.422. The van der Waals surface area contributed by atoms with Gasteiger partial charge < -0.3 is 25.0 Å². The minimum absolute atomic E-state index is 0.269. The molecule has 0 spiro atoms. The van der Waals surface area contributed by atoms with E-state index in [9.17, 15) is 4.79 Å². The van der Waals surface area contributed by atoms with E-state index in [1.807, 2.05) is 0 Å². The van der Waals surface area contributed by atoms with Gasteiger partial charge in [0.25, 0.3) is 0 Å². The fourth-order valence-corrected chi connectivity index (χ4v) is 54.4. The predicted molar refractivity (Wildman–Crippen MR) is 316 cm³/mol. The molecule has 0 amide bonds. The first kappa shape index (κ1) is 69.3. The van der Waals surface area contributed by atoms with Gasteiger partial charge in [-0.2, -0.15) is 0 Å². The molecule has 0 rings (SSSR count). The summed E-state index contributed by atoms with van der Waals surface area (Å²) in [6.45, 7) is 67.3. The second-order valence-electron chi connectivity index (χ2n) is 28.2. The second kappa shape index (κ2) is 30.8. The highest BCUT2D eigenvalue weighted by atomic mass is 28.5. The van der Waals surface area contributed by atoms with Crippen LogP contribution in [0.5, 0.6) is 0 Å². The zero-order valence-electron chi connectivity index (χ0n) is 51.3. The Morgan fingerprint density at radius 1 is 0.290 bits per heavy atom. The van der Waals surface area contributed by atoms with Crippen LogP contribution in [0, 0.1) is 76.9 Å². The van der Waals surface area contributed by atoms with E-state index in [-0.39, 0.29) is 17.8 Å². The highest BCUT2D eigenvalue weighted by molar-refractivity contribution is 6.93. The molecule has 0 unspecified atom stereocenters. The maximum atomic E-state index is 14.0. The Morgan fingerprint density at radius 2 is 0.449 bits per heavy atom. The Bertz CT molecular complexity index is 1360. The Hall–Kier alpha value is 0.311. The monoisotopic (exact) mass is 1070 g/mol. The first-order valence-corrected chi connectivity index (χ1v) is 42.4. The smallest absolute Gasteiger partial charge is 0.393 e. The van der Waals surface area contributed by atoms with Gasteiger partial charge in [-0.3, -0.25) is 0 Å². The number of carbonyl (C=O) groups is 1. The summed E-state index contributed by atoms with van der Waals surface area (Å²) in [5.74, 6) is 4.66. The molecule has 0 aliphatic heterocycles. The van der Waals surface area contributed by atoms with Crippen molar-refractivity contribution < 1.29 is 29.8 Å². The molecule has 0 bridgehead atoms. The Morgan fingerprint density at radius 3 is 0.623 bits per heavy atom. The molecule has 412 valence electrons. The molecule has 69 heavy (non-hydrogen) atoms. The van der Waals surface area contributed by atoms with E-state index in [1.54, 1.807) is 6.92 Å². The van der Waals surface area contributed by atoms with E-state index in [2.05, 4.69) is 187 Å². The van der Waals surface area contributed by atoms with Crippen LogP contribution in [0.4, 0.5) is 0 Å². The summed E-state index contributed by atoms with van der Waals surface area (Å²) in [6.07, 6.45) is 0. The van der Waals surface area contributed by atoms with Crippen molar-refractivity contribution in [1.82, 2.24) is 0 Å². The molecule has 13 heteroatoms. The standard InChI is InChI=1S/C56H122O7Si6/c1-42(2)29-64(30-43(3)4,31-44(5)6)59-66(34-47(11)12,35-48(13)14)61-68(38-51(19)20,39-52(21)22)63-69(40-53(23)24,41-54(25)26)62-67(36-49(15)16,37-50(17)18)60-65(32-45(7)8,33-46(9)10)58-56(57)55(27)28/h42-54H,27,29-41H2,1-26,28H3. The van der Waals surface area contributed by atoms with E-state index in [4.69, 9.17) is 25.0 Å². The lowest BCUT2D eigenvalue weighted by Gasteiger charge is -2.53. The number of hydrogen-bond acceptors (Lipinski definition) is 7. The van der Waals surface area contributed by atoms with Crippen LogP contribution in [0.1, 0.15) is 187 Å². The van der Waals surface area contributed by atoms with Crippen molar-refractivity contribution in [1.29, 1.82) is 0 Å². The lowest BCUT2D eigenvalue weighted by atomic mass is 10.2. The third kappa shape index (κ3) is 27.6. The zero-order valence-corrected chi connectivity index (χ0v) is 57.3. The Labute approximate surface area is 439 Å². The Balaban J connectivity index is 9.28. The maximum absolute atomic E-state index is 14.0. The molecule has 0 aliphatic carbocycles. The molecule has 0 saturated carbocycles. The minimum atomic E-state index is -3.30. The molecule has 0 atom stereocenters. The van der Waals surface area contributed by atoms with E-state index in [0.29, 0.717) is 70.7 Å². The summed E-state index contributed by atoms with van der Waals surface area (Å²) in [5, 5.41) is 0. The summed E-state index contributed by atoms with van der Waals surface area (Å²) in [7, 11) is -18.5. The van der Waals surface area contributed by atoms with Gasteiger partial charge in [0.15, 0.2) is 8.32 Å². The summed E-state index contributed by atoms with van der Waals surface area (Å²) in [6, 6.07) is 12.0. The fraction of sp³-hybridized carbons (Fsp3) is 0.946. The molecule has 0 N–H and O–H groups in total. The minimum Gasteiger partial charge on any atom is -0.491 e. The van der Waals surface area contributed by atoms with Gasteiger partial charge in [0.05, 0.1) is 0 Å². The first-order valence-electron chi connectivity index (χ1n) is 28.7. The predicted octanol–water partition coefficient (Wildman–Crippen LogP) is 18.9. The van der Waals surface area contributed by atoms with E-state index in [1.165, 1.54) is 0 Å². The van der Waals surface area contributed by atoms with Crippen LogP contribution in [-0.2, 0) is 29.8 Å². The topological polar surface area (TPSA) is 72.5 Å². The number of hydrogen-bond donors (Lipinski definition) is 0. The average Bonchev–Trinajstić information content (AvgIpc) is 3.02. The normalized spacial score (nSPS) is 14.3. The number of rotatable bonds is 38. The molecule has 0 aliphatic rings. The van der Waals surface area contributed by atoms with Crippen molar-refractivity contribution in [3.63, 3.8) is 0 Å². The molecule has 0 saturated heterocycles. The Kier molecular flexibility index (Phi) is 30.9. The molecule has 0 fully saturated rings. The highest BCUT2D eigenvalue weighted by Crippen LogP contribution is 2.48. The van der Waals surface area contributed by atoms with Crippen molar-refractivity contribution in [2.75, 3.05) is 0 Å². The first-order chi connectivity index (χ1) is 31.3. The molecule has 0 aromatic carbocycles. The van der Waals surface area contributed by atoms with Crippen molar-refractivity contribution in [2.24, 2.45) is 76.9 Å². The third-order valence-corrected chi connectivity index (χ3v) is 46.8. The van der Waals surface area contributed by atoms with E-state index < -0.39 is 51.1 Å². The fourth-order valence-electron chi connectivity index (χ4n) is 12.2. The van der Waals surface area contributed by atoms with Gasteiger partial charge >= 0.3 is 48.8 Å². The lowest BCUT2D eigenvalue weighted by Crippen LogP contribution is -2.68. The highest BCUT2D eigenvalue weighted by Gasteiger charge is 2.61. The van der Waals surface area contributed by atoms with Gasteiger partial charge in [0, 0.05) is 17.7 Å². The molecule has 0 radical (unpaired) electrons. The van der Waals surface area contributed by atoms with Crippen LogP contribution in [0.3, 0.4) is 0 Å². The zero-order chi connectivity index (χ0) is 54.1. The van der Waals surface area contributed by atoms with Crippen molar-refractivity contribution in [2.45, 2.75) is 266 Å². The summed E-state index contributed by atoms with van der Waals surface area (Å²) >= 11 is 0. The van der Waals surface area contributed by atoms with Gasteiger partial charge in [-0.15, -0.1) is 0 Å². The lowest BCUT2D eigenvalue weighted by molar-refractivity contribution is -0.132. The molecular weight excluding hydrogens is 953 g/mol. The van der Waals surface area contributed by atoms with Gasteiger partial charge in [0.1, 0.15) is 0 Å². The van der Waals surface area contributed by atoms with Crippen LogP contribution in [0.15, 0.2) is 12.2 Å². The van der Waals surface area contributed by atoms with Crippen LogP contribution >= 0.6 is 0 Å². The second-order valence-corrected chi connectivity index (χ2v) is 49.3. The van der Waals surface area contributed by atoms with Crippen molar-refractivity contribution in [3.05, 3.63) is 12.2 Å². The van der Waals surface area contributed by atoms with Crippen LogP contribution in [0.2, 0.25) is 78.6 Å². The van der Waals surface area contributed by atoms with Gasteiger partial charge in [-0.1, -0.05) is 187 Å². The maximum Gasteiger partial charge on any atom is 0.393 e. The summed E-state index contributed by atoms with van der Waals surface area (Å²) in [4.78, 5) is 14.0. The van der Waals surface area contributed by atoms with Crippen LogP contribution in [-0.4, -0.2) is 57.1 Å². The van der Waals surface area contributed by atoms with E-state index in [0.717, 1.165) is 78.6 Å². The molecule has 0 aromatic heterocycles. The third-order valence-electron chi connectivity index (χ3n) is 12.1. The van der Waals surface area contributed by atoms with Crippen molar-refractivity contribution in [3.8, 4) is 0 Å². The molecule has 7 nitrogen and oxygen atoms in total. The molecular formula is C56H122O7Si6. The largest absolute Gasteiger partial charge is 0.491 e. The van der Waals surface area contributed by atoms with Crippen LogP contribution < -0.4 is 0 Å². The van der Waals surface area contributed by atoms with Gasteiger partial charge in [-0.25, -0.2) is 4.79 Å². The van der Waals surface area contributed by atoms with Crippen molar-refractivity contribution >= 4 is 57.1 Å². The quantitative estimate of drug-likeness (QED) is 0.0451. The van der Waals surface area contributed by atoms with Gasteiger partial charge in [-0.05, 0) is 150 Å². The van der Waals surface area contributed by atoms with Crippen LogP contribution in [0.25, 0.3) is 0 Å². The van der Waals surface area contributed by atoms with Gasteiger partial charge in [0.2, 0.25) is 0 Å². The number of carbonyl (C=O) groups excluding carboxylic acids is 1. The molecule has 0 heterocycles. The van der Waals surface area contributed by atoms with E-state index >= 15 is 0 Å². The average molecular weight is 1080 g/mol. The summed E-state index contributed by atoms with van der Waals surface area (Å²) < 4.78 is 49.5.